The molecule has 122 valence electrons. The molecule has 1 unspecified atom stereocenters. The lowest BCUT2D eigenvalue weighted by Crippen LogP contribution is -2.30. The Labute approximate surface area is 125 Å². The molecule has 0 saturated heterocycles. The van der Waals surface area contributed by atoms with Gasteiger partial charge in [0.1, 0.15) is 0 Å². The number of nitrogens with zero attached hydrogens (tertiary/aromatic N) is 1. The van der Waals surface area contributed by atoms with Crippen LogP contribution in [0.15, 0.2) is 12.1 Å². The average Bonchev–Trinajstić information content (AvgIpc) is 2.49. The Kier molecular flexibility index (Phi) is 5.88. The monoisotopic (exact) mass is 319 g/mol. The third-order valence-electron chi connectivity index (χ3n) is 3.08. The summed E-state index contributed by atoms with van der Waals surface area (Å²) in [4.78, 5) is 0. The minimum absolute atomic E-state index is 0.221. The van der Waals surface area contributed by atoms with Crippen molar-refractivity contribution >= 4 is 0 Å². The first kappa shape index (κ1) is 17.9. The van der Waals surface area contributed by atoms with E-state index in [0.717, 1.165) is 0 Å². The van der Waals surface area contributed by atoms with Gasteiger partial charge in [-0.25, -0.2) is 0 Å². The smallest absolute Gasteiger partial charge is 0.414 e. The fourth-order valence-electron chi connectivity index (χ4n) is 1.92. The minimum Gasteiger partial charge on any atom is -0.493 e. The highest BCUT2D eigenvalue weighted by Gasteiger charge is 2.40. The van der Waals surface area contributed by atoms with E-state index in [1.165, 1.54) is 33.5 Å². The molecule has 22 heavy (non-hydrogen) atoms. The molecule has 1 aromatic carbocycles. The summed E-state index contributed by atoms with van der Waals surface area (Å²) in [5.41, 5.74) is 0.236. The lowest BCUT2D eigenvalue weighted by Gasteiger charge is -2.19. The molecule has 0 aliphatic heterocycles. The first-order chi connectivity index (χ1) is 10.3. The molecule has 1 aromatic rings. The summed E-state index contributed by atoms with van der Waals surface area (Å²) in [5.74, 6) is -0.468. The summed E-state index contributed by atoms with van der Waals surface area (Å²) in [6.45, 7) is 0. The number of hydrogen-bond acceptors (Lipinski definition) is 5. The van der Waals surface area contributed by atoms with E-state index >= 15 is 0 Å². The molecule has 0 heterocycles. The minimum atomic E-state index is -4.78. The number of nitriles is 1. The van der Waals surface area contributed by atoms with Crippen molar-refractivity contribution in [1.82, 2.24) is 0 Å². The molecule has 2 atom stereocenters. The first-order valence-electron chi connectivity index (χ1n) is 6.22. The molecule has 0 aliphatic rings. The quantitative estimate of drug-likeness (QED) is 0.873. The van der Waals surface area contributed by atoms with Crippen molar-refractivity contribution in [3.8, 4) is 23.3 Å². The highest BCUT2D eigenvalue weighted by molar-refractivity contribution is 5.55. The van der Waals surface area contributed by atoms with Gasteiger partial charge < -0.3 is 19.3 Å². The standard InChI is InChI=1S/C14H16F3NO4/c1-20-10-4-8(5-11(21-2)13(10)22-3)9(7-18)6-12(19)14(15,16)17/h4-5,9,12,19H,6H2,1-3H3/t9?,12-/m0/s1. The lowest BCUT2D eigenvalue weighted by molar-refractivity contribution is -0.205. The molecule has 0 bridgehead atoms. The summed E-state index contributed by atoms with van der Waals surface area (Å²) in [5, 5.41) is 18.2. The van der Waals surface area contributed by atoms with Crippen LogP contribution in [0.1, 0.15) is 17.9 Å². The molecule has 1 N–H and O–H groups in total. The zero-order chi connectivity index (χ0) is 16.9. The van der Waals surface area contributed by atoms with Gasteiger partial charge in [0.2, 0.25) is 5.75 Å². The second-order valence-electron chi connectivity index (χ2n) is 4.43. The predicted octanol–water partition coefficient (Wildman–Crippen LogP) is 2.63. The van der Waals surface area contributed by atoms with Crippen LogP contribution in [0.5, 0.6) is 17.2 Å². The Balaban J connectivity index is 3.21. The highest BCUT2D eigenvalue weighted by atomic mass is 19.4. The highest BCUT2D eigenvalue weighted by Crippen LogP contribution is 2.41. The number of alkyl halides is 3. The van der Waals surface area contributed by atoms with Crippen LogP contribution >= 0.6 is 0 Å². The van der Waals surface area contributed by atoms with Gasteiger partial charge in [0.25, 0.3) is 0 Å². The molecular weight excluding hydrogens is 303 g/mol. The van der Waals surface area contributed by atoms with Crippen LogP contribution in [0.2, 0.25) is 0 Å². The third kappa shape index (κ3) is 3.95. The van der Waals surface area contributed by atoms with E-state index in [-0.39, 0.29) is 22.8 Å². The Morgan fingerprint density at radius 3 is 1.95 bits per heavy atom. The van der Waals surface area contributed by atoms with Crippen molar-refractivity contribution in [3.63, 3.8) is 0 Å². The maximum Gasteiger partial charge on any atom is 0.414 e. The molecule has 0 aromatic heterocycles. The van der Waals surface area contributed by atoms with Crippen LogP contribution in [0.4, 0.5) is 13.2 Å². The first-order valence-corrected chi connectivity index (χ1v) is 6.22. The third-order valence-corrected chi connectivity index (χ3v) is 3.08. The second-order valence-corrected chi connectivity index (χ2v) is 4.43. The van der Waals surface area contributed by atoms with Gasteiger partial charge in [-0.15, -0.1) is 0 Å². The van der Waals surface area contributed by atoms with Gasteiger partial charge in [-0.1, -0.05) is 0 Å². The van der Waals surface area contributed by atoms with Crippen LogP contribution in [0, 0.1) is 11.3 Å². The molecule has 0 fully saturated rings. The second kappa shape index (κ2) is 7.22. The fraction of sp³-hybridized carbons (Fsp3) is 0.500. The molecule has 0 spiro atoms. The van der Waals surface area contributed by atoms with Gasteiger partial charge in [-0.05, 0) is 17.7 Å². The van der Waals surface area contributed by atoms with Gasteiger partial charge in [0.15, 0.2) is 17.6 Å². The van der Waals surface area contributed by atoms with Crippen LogP contribution in [-0.4, -0.2) is 38.7 Å². The zero-order valence-corrected chi connectivity index (χ0v) is 12.3. The number of methoxy groups -OCH3 is 3. The Bertz CT molecular complexity index is 529. The Morgan fingerprint density at radius 2 is 1.64 bits per heavy atom. The number of halogens is 3. The van der Waals surface area contributed by atoms with E-state index in [1.54, 1.807) is 6.07 Å². The van der Waals surface area contributed by atoms with E-state index in [2.05, 4.69) is 0 Å². The van der Waals surface area contributed by atoms with Crippen molar-refractivity contribution in [2.75, 3.05) is 21.3 Å². The normalized spacial score (nSPS) is 13.9. The SMILES string of the molecule is COc1cc(C(C#N)C[C@H](O)C(F)(F)F)cc(OC)c1OC. The number of benzene rings is 1. The molecule has 5 nitrogen and oxygen atoms in total. The van der Waals surface area contributed by atoms with Crippen molar-refractivity contribution in [2.24, 2.45) is 0 Å². The predicted molar refractivity (Wildman–Crippen MR) is 71.1 cm³/mol. The van der Waals surface area contributed by atoms with Crippen LogP contribution < -0.4 is 14.2 Å². The van der Waals surface area contributed by atoms with Crippen molar-refractivity contribution in [1.29, 1.82) is 5.26 Å². The van der Waals surface area contributed by atoms with Crippen molar-refractivity contribution in [3.05, 3.63) is 17.7 Å². The van der Waals surface area contributed by atoms with Gasteiger partial charge in [-0.3, -0.25) is 0 Å². The molecule has 0 saturated carbocycles. The maximum atomic E-state index is 12.4. The van der Waals surface area contributed by atoms with E-state index < -0.39 is 24.6 Å². The largest absolute Gasteiger partial charge is 0.493 e. The molecule has 8 heteroatoms. The number of aliphatic hydroxyl groups excluding tert-OH is 1. The number of hydrogen-bond donors (Lipinski definition) is 1. The van der Waals surface area contributed by atoms with Crippen LogP contribution in [0.25, 0.3) is 0 Å². The molecule has 0 aliphatic carbocycles. The van der Waals surface area contributed by atoms with Gasteiger partial charge in [-0.2, -0.15) is 18.4 Å². The summed E-state index contributed by atoms with van der Waals surface area (Å²) < 4.78 is 52.6. The number of ether oxygens (including phenoxy) is 3. The summed E-state index contributed by atoms with van der Waals surface area (Å²) in [6, 6.07) is 4.52. The summed E-state index contributed by atoms with van der Waals surface area (Å²) in [7, 11) is 4.09. The van der Waals surface area contributed by atoms with Crippen LogP contribution in [0.3, 0.4) is 0 Å². The molecule has 0 amide bonds. The average molecular weight is 319 g/mol. The van der Waals surface area contributed by atoms with Gasteiger partial charge in [0, 0.05) is 6.42 Å². The Morgan fingerprint density at radius 1 is 1.14 bits per heavy atom. The van der Waals surface area contributed by atoms with E-state index in [1.807, 2.05) is 0 Å². The summed E-state index contributed by atoms with van der Waals surface area (Å²) in [6.07, 6.45) is -8.15. The molecular formula is C14H16F3NO4. The van der Waals surface area contributed by atoms with Crippen LogP contribution in [-0.2, 0) is 0 Å². The zero-order valence-electron chi connectivity index (χ0n) is 12.3. The lowest BCUT2D eigenvalue weighted by atomic mass is 9.93. The maximum absolute atomic E-state index is 12.4. The molecule has 0 radical (unpaired) electrons. The van der Waals surface area contributed by atoms with Crippen molar-refractivity contribution < 1.29 is 32.5 Å². The fourth-order valence-corrected chi connectivity index (χ4v) is 1.92. The van der Waals surface area contributed by atoms with Gasteiger partial charge >= 0.3 is 6.18 Å². The molecule has 1 rings (SSSR count). The number of aliphatic hydroxyl groups is 1. The number of rotatable bonds is 6. The summed E-state index contributed by atoms with van der Waals surface area (Å²) >= 11 is 0. The van der Waals surface area contributed by atoms with Crippen molar-refractivity contribution in [2.45, 2.75) is 24.6 Å². The van der Waals surface area contributed by atoms with E-state index in [0.29, 0.717) is 0 Å². The van der Waals surface area contributed by atoms with E-state index in [4.69, 9.17) is 24.6 Å². The van der Waals surface area contributed by atoms with Gasteiger partial charge in [0.05, 0.1) is 33.3 Å². The topological polar surface area (TPSA) is 71.7 Å². The Hall–Kier alpha value is -2.14. The van der Waals surface area contributed by atoms with E-state index in [9.17, 15) is 13.2 Å².